The van der Waals surface area contributed by atoms with E-state index in [1.165, 1.54) is 50.1 Å². The van der Waals surface area contributed by atoms with E-state index in [0.717, 1.165) is 28.8 Å². The summed E-state index contributed by atoms with van der Waals surface area (Å²) in [4.78, 5) is 28.6. The molecule has 0 radical (unpaired) electrons. The van der Waals surface area contributed by atoms with Crippen molar-refractivity contribution < 1.29 is 40.4 Å². The number of alkyl halides is 3. The van der Waals surface area contributed by atoms with Crippen molar-refractivity contribution >= 4 is 21.9 Å². The fourth-order valence-corrected chi connectivity index (χ4v) is 6.94. The van der Waals surface area contributed by atoms with Gasteiger partial charge in [-0.25, -0.2) is 17.9 Å². The largest absolute Gasteiger partial charge is 0.467 e. The van der Waals surface area contributed by atoms with Crippen LogP contribution >= 0.6 is 0 Å². The molecular weight excluding hydrogens is 671 g/mol. The van der Waals surface area contributed by atoms with Crippen molar-refractivity contribution in [2.24, 2.45) is 0 Å². The van der Waals surface area contributed by atoms with Crippen molar-refractivity contribution in [3.05, 3.63) is 131 Å². The van der Waals surface area contributed by atoms with Crippen LogP contribution in [0.1, 0.15) is 32.9 Å². The molecule has 0 spiro atoms. The third kappa shape index (κ3) is 8.29. The number of hydrogen-bond donors (Lipinski definition) is 1. The number of carbonyl (C=O) groups excluding carboxylic acids is 2. The lowest BCUT2D eigenvalue weighted by Crippen LogP contribution is -2.49. The minimum atomic E-state index is -4.47. The van der Waals surface area contributed by atoms with Crippen LogP contribution < -0.4 is 4.72 Å². The molecule has 1 atom stereocenters. The number of hydrogen-bond acceptors (Lipinski definition) is 7. The van der Waals surface area contributed by atoms with E-state index in [-0.39, 0.29) is 41.4 Å². The number of aromatic nitrogens is 1. The van der Waals surface area contributed by atoms with Crippen molar-refractivity contribution in [3.63, 3.8) is 0 Å². The second-order valence-electron chi connectivity index (χ2n) is 11.5. The van der Waals surface area contributed by atoms with Gasteiger partial charge in [0.05, 0.1) is 12.7 Å². The van der Waals surface area contributed by atoms with E-state index >= 15 is 0 Å². The summed E-state index contributed by atoms with van der Waals surface area (Å²) in [7, 11) is -2.88. The number of nitrogens with zero attached hydrogens (tertiary/aromatic N) is 2. The Kier molecular flexibility index (Phi) is 10.9. The molecule has 1 heterocycles. The van der Waals surface area contributed by atoms with Crippen LogP contribution in [0.15, 0.2) is 113 Å². The van der Waals surface area contributed by atoms with Gasteiger partial charge in [0.15, 0.2) is 5.76 Å². The summed E-state index contributed by atoms with van der Waals surface area (Å²) in [5, 5.41) is 3.70. The zero-order chi connectivity index (χ0) is 36.1. The normalized spacial score (nSPS) is 12.4. The number of carbonyl (C=O) groups is 2. The Labute approximate surface area is 287 Å². The summed E-state index contributed by atoms with van der Waals surface area (Å²) in [5.41, 5.74) is 3.32. The van der Waals surface area contributed by atoms with E-state index in [2.05, 4.69) is 9.88 Å². The lowest BCUT2D eigenvalue weighted by Gasteiger charge is -2.30. The molecule has 1 aromatic heterocycles. The molecule has 9 nitrogen and oxygen atoms in total. The Morgan fingerprint density at radius 1 is 0.840 bits per heavy atom. The molecular formula is C37H34F3N3O6S. The predicted molar refractivity (Wildman–Crippen MR) is 180 cm³/mol. The van der Waals surface area contributed by atoms with Crippen molar-refractivity contribution in [1.82, 2.24) is 14.8 Å². The maximum atomic E-state index is 14.1. The van der Waals surface area contributed by atoms with Crippen molar-refractivity contribution in [3.8, 4) is 22.3 Å². The Morgan fingerprint density at radius 2 is 1.38 bits per heavy atom. The molecule has 1 unspecified atom stereocenters. The van der Waals surface area contributed by atoms with Crippen LogP contribution in [0, 0.1) is 13.8 Å². The van der Waals surface area contributed by atoms with E-state index in [1.54, 1.807) is 12.1 Å². The lowest BCUT2D eigenvalue weighted by molar-refractivity contribution is -0.146. The lowest BCUT2D eigenvalue weighted by atomic mass is 9.99. The summed E-state index contributed by atoms with van der Waals surface area (Å²) in [5.74, 6) is -1.19. The Morgan fingerprint density at radius 3 is 1.90 bits per heavy atom. The highest BCUT2D eigenvalue weighted by molar-refractivity contribution is 7.89. The number of benzene rings is 4. The van der Waals surface area contributed by atoms with Gasteiger partial charge < -0.3 is 14.2 Å². The molecule has 50 heavy (non-hydrogen) atoms. The molecule has 1 amide bonds. The quantitative estimate of drug-likeness (QED) is 0.141. The average molecular weight is 706 g/mol. The molecule has 1 N–H and O–H groups in total. The second kappa shape index (κ2) is 15.1. The molecule has 260 valence electrons. The Balaban J connectivity index is 1.43. The van der Waals surface area contributed by atoms with Crippen LogP contribution in [0.5, 0.6) is 0 Å². The van der Waals surface area contributed by atoms with Crippen molar-refractivity contribution in [2.75, 3.05) is 20.2 Å². The zero-order valence-corrected chi connectivity index (χ0v) is 28.2. The van der Waals surface area contributed by atoms with Gasteiger partial charge in [-0.1, -0.05) is 84.0 Å². The summed E-state index contributed by atoms with van der Waals surface area (Å²) >= 11 is 0. The third-order valence-corrected chi connectivity index (χ3v) is 9.86. The van der Waals surface area contributed by atoms with Gasteiger partial charge in [0, 0.05) is 25.1 Å². The first kappa shape index (κ1) is 36.0. The van der Waals surface area contributed by atoms with E-state index in [4.69, 9.17) is 9.26 Å². The molecule has 0 bridgehead atoms. The highest BCUT2D eigenvalue weighted by Gasteiger charge is 2.33. The van der Waals surface area contributed by atoms with Crippen molar-refractivity contribution in [1.29, 1.82) is 0 Å². The molecule has 0 aliphatic rings. The van der Waals surface area contributed by atoms with E-state index in [9.17, 15) is 31.2 Å². The Hall–Kier alpha value is -5.27. The molecule has 0 saturated carbocycles. The topological polar surface area (TPSA) is 119 Å². The maximum Gasteiger partial charge on any atom is 0.416 e. The molecule has 5 aromatic rings. The number of sulfonamides is 1. The van der Waals surface area contributed by atoms with Crippen LogP contribution in [0.25, 0.3) is 22.3 Å². The summed E-state index contributed by atoms with van der Waals surface area (Å²) in [6.45, 7) is 2.48. The SMILES string of the molecule is COC(=O)C(Cc1ccc(-c2ccccc2)cc1)N(CCNS(=O)(=O)c1c(C)noc1C)C(=O)c1ccc(-c2ccc(C(F)(F)F)cc2)cc1. The standard InChI is InChI=1S/C37H34F3N3O6S/c1-24-34(25(2)49-42-24)50(46,47)41-21-22-43(33(36(45)48-3)23-26-9-11-28(12-10-26)27-7-5-4-6-8-27)35(44)31-15-13-29(14-16-31)30-17-19-32(20-18-30)37(38,39)40/h4-20,33,41H,21-23H2,1-3H3. The first-order valence-corrected chi connectivity index (χ1v) is 17.0. The molecule has 4 aromatic carbocycles. The van der Waals surface area contributed by atoms with Crippen molar-refractivity contribution in [2.45, 2.75) is 37.4 Å². The Bertz CT molecular complexity index is 2030. The highest BCUT2D eigenvalue weighted by Crippen LogP contribution is 2.31. The first-order chi connectivity index (χ1) is 23.8. The fourth-order valence-electron chi connectivity index (χ4n) is 5.60. The number of halogens is 3. The summed E-state index contributed by atoms with van der Waals surface area (Å²) in [6, 6.07) is 26.9. The van der Waals surface area contributed by atoms with Crippen LogP contribution in [0.3, 0.4) is 0 Å². The van der Waals surface area contributed by atoms with Crippen LogP contribution in [-0.4, -0.2) is 56.6 Å². The van der Waals surface area contributed by atoms with Gasteiger partial charge in [-0.15, -0.1) is 0 Å². The summed E-state index contributed by atoms with van der Waals surface area (Å²) < 4.78 is 78.0. The number of esters is 1. The summed E-state index contributed by atoms with van der Waals surface area (Å²) in [6.07, 6.45) is -4.41. The number of aryl methyl sites for hydroxylation is 2. The smallest absolute Gasteiger partial charge is 0.416 e. The number of nitrogens with one attached hydrogen (secondary N) is 1. The minimum Gasteiger partial charge on any atom is -0.467 e. The van der Waals surface area contributed by atoms with Crippen LogP contribution in [0.2, 0.25) is 0 Å². The number of rotatable bonds is 12. The van der Waals surface area contributed by atoms with Gasteiger partial charge in [0.1, 0.15) is 16.6 Å². The molecule has 0 aliphatic heterocycles. The number of amides is 1. The van der Waals surface area contributed by atoms with Gasteiger partial charge in [-0.3, -0.25) is 4.79 Å². The van der Waals surface area contributed by atoms with Gasteiger partial charge in [-0.05, 0) is 65.9 Å². The van der Waals surface area contributed by atoms with Gasteiger partial charge in [-0.2, -0.15) is 13.2 Å². The van der Waals surface area contributed by atoms with E-state index in [0.29, 0.717) is 11.1 Å². The van der Waals surface area contributed by atoms with Gasteiger partial charge in [0.2, 0.25) is 10.0 Å². The molecule has 0 aliphatic carbocycles. The third-order valence-electron chi connectivity index (χ3n) is 8.16. The number of methoxy groups -OCH3 is 1. The monoisotopic (exact) mass is 705 g/mol. The van der Waals surface area contributed by atoms with E-state index in [1.807, 2.05) is 54.6 Å². The zero-order valence-electron chi connectivity index (χ0n) is 27.4. The maximum absolute atomic E-state index is 14.1. The molecule has 13 heteroatoms. The molecule has 5 rings (SSSR count). The average Bonchev–Trinajstić information content (AvgIpc) is 3.47. The second-order valence-corrected chi connectivity index (χ2v) is 13.2. The first-order valence-electron chi connectivity index (χ1n) is 15.5. The predicted octanol–water partition coefficient (Wildman–Crippen LogP) is 6.85. The highest BCUT2D eigenvalue weighted by atomic mass is 32.2. The minimum absolute atomic E-state index is 0.0632. The molecule has 0 saturated heterocycles. The molecule has 0 fully saturated rings. The van der Waals surface area contributed by atoms with Crippen LogP contribution in [0.4, 0.5) is 13.2 Å². The van der Waals surface area contributed by atoms with Gasteiger partial charge in [0.25, 0.3) is 5.91 Å². The fraction of sp³-hybridized carbons (Fsp3) is 0.216. The van der Waals surface area contributed by atoms with Crippen LogP contribution in [-0.2, 0) is 32.2 Å². The number of ether oxygens (including phenoxy) is 1. The van der Waals surface area contributed by atoms with E-state index < -0.39 is 39.7 Å². The van der Waals surface area contributed by atoms with Gasteiger partial charge >= 0.3 is 12.1 Å².